The molecule has 1 aromatic rings. The monoisotopic (exact) mass is 328 g/mol. The van der Waals surface area contributed by atoms with Crippen molar-refractivity contribution in [3.63, 3.8) is 0 Å². The van der Waals surface area contributed by atoms with E-state index in [0.29, 0.717) is 23.7 Å². The second-order valence-electron chi connectivity index (χ2n) is 4.86. The van der Waals surface area contributed by atoms with Crippen LogP contribution >= 0.6 is 11.6 Å². The van der Waals surface area contributed by atoms with E-state index in [1.165, 1.54) is 11.0 Å². The molecule has 1 aliphatic heterocycles. The highest BCUT2D eigenvalue weighted by Crippen LogP contribution is 2.13. The Bertz CT molecular complexity index is 637. The van der Waals surface area contributed by atoms with Gasteiger partial charge < -0.3 is 4.90 Å². The summed E-state index contributed by atoms with van der Waals surface area (Å²) in [5, 5.41) is 1.49. The van der Waals surface area contributed by atoms with E-state index in [1.807, 2.05) is 0 Å². The van der Waals surface area contributed by atoms with Crippen molar-refractivity contribution in [2.75, 3.05) is 13.1 Å². The smallest absolute Gasteiger partial charge is 0.324 e. The molecule has 1 N–H and O–H groups in total. The number of hydrogen-bond acceptors (Lipinski definition) is 3. The molecule has 114 valence electrons. The van der Waals surface area contributed by atoms with Gasteiger partial charge in [0.1, 0.15) is 0 Å². The van der Waals surface area contributed by atoms with Crippen molar-refractivity contribution in [2.24, 2.45) is 0 Å². The Morgan fingerprint density at radius 2 is 1.95 bits per heavy atom. The molecule has 2 amide bonds. The van der Waals surface area contributed by atoms with E-state index in [4.69, 9.17) is 11.6 Å². The van der Waals surface area contributed by atoms with Gasteiger partial charge in [0.25, 0.3) is 10.0 Å². The molecule has 0 aliphatic carbocycles. The zero-order valence-electron chi connectivity index (χ0n) is 11.5. The molecule has 0 unspecified atom stereocenters. The van der Waals surface area contributed by atoms with Gasteiger partial charge in [-0.1, -0.05) is 23.7 Å². The van der Waals surface area contributed by atoms with Crippen molar-refractivity contribution in [3.05, 3.63) is 40.3 Å². The lowest BCUT2D eigenvalue weighted by Gasteiger charge is -2.26. The molecule has 0 bridgehead atoms. The fraction of sp³-hybridized carbons (Fsp3) is 0.357. The Hall–Kier alpha value is -1.53. The minimum atomic E-state index is -3.81. The van der Waals surface area contributed by atoms with Gasteiger partial charge in [0, 0.05) is 18.1 Å². The summed E-state index contributed by atoms with van der Waals surface area (Å²) in [6.45, 7) is 1.19. The van der Waals surface area contributed by atoms with Gasteiger partial charge in [0.15, 0.2) is 0 Å². The van der Waals surface area contributed by atoms with E-state index < -0.39 is 16.1 Å². The number of nitrogens with zero attached hydrogens (tertiary/aromatic N) is 1. The first-order valence-corrected chi connectivity index (χ1v) is 8.64. The predicted molar refractivity (Wildman–Crippen MR) is 83.4 cm³/mol. The molecule has 21 heavy (non-hydrogen) atoms. The Balaban J connectivity index is 1.99. The van der Waals surface area contributed by atoms with Gasteiger partial charge in [0.2, 0.25) is 0 Å². The number of amides is 2. The van der Waals surface area contributed by atoms with Gasteiger partial charge in [-0.15, -0.1) is 0 Å². The minimum Gasteiger partial charge on any atom is -0.324 e. The summed E-state index contributed by atoms with van der Waals surface area (Å²) in [5.41, 5.74) is 0.651. The van der Waals surface area contributed by atoms with Crippen LogP contribution in [0.1, 0.15) is 24.8 Å². The molecule has 7 heteroatoms. The Morgan fingerprint density at radius 3 is 2.62 bits per heavy atom. The highest BCUT2D eigenvalue weighted by Gasteiger charge is 2.19. The van der Waals surface area contributed by atoms with Crippen molar-refractivity contribution in [3.8, 4) is 0 Å². The van der Waals surface area contributed by atoms with Crippen molar-refractivity contribution in [1.29, 1.82) is 0 Å². The second kappa shape index (κ2) is 6.95. The number of carbonyl (C=O) groups is 1. The van der Waals surface area contributed by atoms with Crippen molar-refractivity contribution < 1.29 is 13.2 Å². The summed E-state index contributed by atoms with van der Waals surface area (Å²) < 4.78 is 25.8. The number of urea groups is 1. The average molecular weight is 329 g/mol. The molecule has 0 saturated carbocycles. The maximum Gasteiger partial charge on any atom is 0.331 e. The van der Waals surface area contributed by atoms with E-state index in [0.717, 1.165) is 24.7 Å². The quantitative estimate of drug-likeness (QED) is 0.927. The number of sulfonamides is 1. The van der Waals surface area contributed by atoms with Crippen molar-refractivity contribution >= 4 is 33.7 Å². The van der Waals surface area contributed by atoms with Crippen LogP contribution in [0.5, 0.6) is 0 Å². The summed E-state index contributed by atoms with van der Waals surface area (Å²) in [6.07, 6.45) is 4.29. The average Bonchev–Trinajstić information content (AvgIpc) is 2.46. The number of likely N-dealkylation sites (tertiary alicyclic amines) is 1. The molecule has 0 radical (unpaired) electrons. The van der Waals surface area contributed by atoms with Crippen LogP contribution in [0.4, 0.5) is 4.79 Å². The molecular weight excluding hydrogens is 312 g/mol. The summed E-state index contributed by atoms with van der Waals surface area (Å²) >= 11 is 5.82. The number of halogens is 1. The molecule has 1 saturated heterocycles. The molecule has 1 heterocycles. The number of carbonyl (C=O) groups excluding carboxylic acids is 1. The maximum absolute atomic E-state index is 11.9. The van der Waals surface area contributed by atoms with Crippen LogP contribution in [0.25, 0.3) is 6.08 Å². The van der Waals surface area contributed by atoms with Crippen LogP contribution in [0, 0.1) is 0 Å². The summed E-state index contributed by atoms with van der Waals surface area (Å²) in [5.74, 6) is 0. The number of benzene rings is 1. The zero-order valence-corrected chi connectivity index (χ0v) is 13.0. The number of nitrogens with one attached hydrogen (secondary N) is 1. The van der Waals surface area contributed by atoms with Crippen LogP contribution in [-0.2, 0) is 10.0 Å². The lowest BCUT2D eigenvalue weighted by molar-refractivity contribution is 0.192. The molecule has 1 fully saturated rings. The molecule has 5 nitrogen and oxygen atoms in total. The normalized spacial score (nSPS) is 16.1. The number of hydrogen-bond donors (Lipinski definition) is 1. The van der Waals surface area contributed by atoms with Gasteiger partial charge in [0.05, 0.1) is 5.41 Å². The van der Waals surface area contributed by atoms with E-state index in [1.54, 1.807) is 24.3 Å². The molecular formula is C14H17ClN2O3S. The summed E-state index contributed by atoms with van der Waals surface area (Å²) in [7, 11) is -3.81. The molecule has 2 rings (SSSR count). The van der Waals surface area contributed by atoms with E-state index in [9.17, 15) is 13.2 Å². The van der Waals surface area contributed by atoms with Gasteiger partial charge in [-0.05, 0) is 43.0 Å². The standard InChI is InChI=1S/C14H17ClN2O3S/c15-13-6-4-5-12(11-13)7-10-21(19,20)16-14(18)17-8-2-1-3-9-17/h4-7,10-11H,1-3,8-9H2,(H,16,18). The molecule has 0 atom stereocenters. The van der Waals surface area contributed by atoms with Crippen molar-refractivity contribution in [1.82, 2.24) is 9.62 Å². The molecule has 0 spiro atoms. The van der Waals surface area contributed by atoms with Gasteiger partial charge in [-0.3, -0.25) is 0 Å². The van der Waals surface area contributed by atoms with Crippen LogP contribution in [0.15, 0.2) is 29.7 Å². The van der Waals surface area contributed by atoms with Crippen molar-refractivity contribution in [2.45, 2.75) is 19.3 Å². The number of rotatable bonds is 3. The number of piperidine rings is 1. The predicted octanol–water partition coefficient (Wildman–Crippen LogP) is 2.84. The third kappa shape index (κ3) is 5.06. The third-order valence-electron chi connectivity index (χ3n) is 3.16. The molecule has 1 aliphatic rings. The van der Waals surface area contributed by atoms with E-state index in [2.05, 4.69) is 4.72 Å². The Morgan fingerprint density at radius 1 is 1.24 bits per heavy atom. The van der Waals surface area contributed by atoms with Crippen LogP contribution < -0.4 is 4.72 Å². The third-order valence-corrected chi connectivity index (χ3v) is 4.35. The van der Waals surface area contributed by atoms with Gasteiger partial charge >= 0.3 is 6.03 Å². The summed E-state index contributed by atoms with van der Waals surface area (Å²) in [4.78, 5) is 13.4. The fourth-order valence-electron chi connectivity index (χ4n) is 2.10. The first-order valence-electron chi connectivity index (χ1n) is 6.72. The first-order chi connectivity index (χ1) is 9.96. The minimum absolute atomic E-state index is 0.520. The zero-order chi connectivity index (χ0) is 15.3. The molecule has 0 aromatic heterocycles. The largest absolute Gasteiger partial charge is 0.331 e. The topological polar surface area (TPSA) is 66.5 Å². The summed E-state index contributed by atoms with van der Waals surface area (Å²) in [6, 6.07) is 6.22. The second-order valence-corrected chi connectivity index (χ2v) is 6.86. The SMILES string of the molecule is O=C(NS(=O)(=O)C=Cc1cccc(Cl)c1)N1CCCCC1. The van der Waals surface area contributed by atoms with Gasteiger partial charge in [-0.2, -0.15) is 0 Å². The maximum atomic E-state index is 11.9. The Labute approximate surface area is 129 Å². The fourth-order valence-corrected chi connectivity index (χ4v) is 3.07. The lowest BCUT2D eigenvalue weighted by atomic mass is 10.1. The van der Waals surface area contributed by atoms with Crippen LogP contribution in [0.3, 0.4) is 0 Å². The highest BCUT2D eigenvalue weighted by molar-refractivity contribution is 7.93. The highest BCUT2D eigenvalue weighted by atomic mass is 35.5. The Kier molecular flexibility index (Phi) is 5.25. The molecule has 1 aromatic carbocycles. The lowest BCUT2D eigenvalue weighted by Crippen LogP contribution is -2.44. The van der Waals surface area contributed by atoms with E-state index >= 15 is 0 Å². The van der Waals surface area contributed by atoms with Gasteiger partial charge in [-0.25, -0.2) is 17.9 Å². The van der Waals surface area contributed by atoms with Crippen LogP contribution in [-0.4, -0.2) is 32.4 Å². The van der Waals surface area contributed by atoms with E-state index in [-0.39, 0.29) is 0 Å². The van der Waals surface area contributed by atoms with Crippen LogP contribution in [0.2, 0.25) is 5.02 Å². The first kappa shape index (κ1) is 15.9.